The summed E-state index contributed by atoms with van der Waals surface area (Å²) >= 11 is 4.81. The van der Waals surface area contributed by atoms with Crippen molar-refractivity contribution in [1.29, 1.82) is 0 Å². The van der Waals surface area contributed by atoms with Crippen LogP contribution in [0.3, 0.4) is 0 Å². The van der Waals surface area contributed by atoms with E-state index in [4.69, 9.17) is 11.6 Å². The molecule has 16 heavy (non-hydrogen) atoms. The van der Waals surface area contributed by atoms with Crippen molar-refractivity contribution in [2.75, 3.05) is 5.32 Å². The lowest BCUT2D eigenvalue weighted by atomic mass is 10.2. The zero-order valence-electron chi connectivity index (χ0n) is 7.68. The van der Waals surface area contributed by atoms with Crippen molar-refractivity contribution in [2.45, 2.75) is 11.8 Å². The van der Waals surface area contributed by atoms with Gasteiger partial charge in [-0.15, -0.1) is 0 Å². The molecular formula is C9H6ClF4NO. The van der Waals surface area contributed by atoms with Gasteiger partial charge in [0.15, 0.2) is 0 Å². The molecule has 0 saturated heterocycles. The first-order valence-electron chi connectivity index (χ1n) is 4.07. The van der Waals surface area contributed by atoms with Gasteiger partial charge in [-0.1, -0.05) is 17.7 Å². The molecule has 0 aliphatic carbocycles. The molecule has 1 aromatic carbocycles. The van der Waals surface area contributed by atoms with Crippen LogP contribution in [-0.2, 0) is 11.0 Å². The van der Waals surface area contributed by atoms with E-state index in [1.807, 2.05) is 5.32 Å². The first kappa shape index (κ1) is 12.8. The Hall–Kier alpha value is -1.30. The van der Waals surface area contributed by atoms with Crippen molar-refractivity contribution in [3.05, 3.63) is 29.8 Å². The highest BCUT2D eigenvalue weighted by Gasteiger charge is 2.30. The van der Waals surface area contributed by atoms with Gasteiger partial charge in [0.2, 0.25) is 0 Å². The van der Waals surface area contributed by atoms with E-state index in [0.29, 0.717) is 6.07 Å². The molecule has 0 fully saturated rings. The second kappa shape index (κ2) is 4.69. The summed E-state index contributed by atoms with van der Waals surface area (Å²) in [5.74, 6) is -1.21. The zero-order chi connectivity index (χ0) is 12.3. The highest BCUT2D eigenvalue weighted by atomic mass is 35.5. The van der Waals surface area contributed by atoms with E-state index < -0.39 is 23.3 Å². The Bertz CT molecular complexity index is 391. The summed E-state index contributed by atoms with van der Waals surface area (Å²) in [7, 11) is 0. The molecule has 0 spiro atoms. The molecule has 1 aromatic rings. The van der Waals surface area contributed by atoms with Crippen LogP contribution in [-0.4, -0.2) is 11.5 Å². The first-order valence-corrected chi connectivity index (χ1v) is 4.50. The fraction of sp³-hybridized carbons (Fsp3) is 0.222. The first-order chi connectivity index (χ1) is 7.30. The van der Waals surface area contributed by atoms with E-state index in [1.165, 1.54) is 6.07 Å². The molecule has 1 atom stereocenters. The average Bonchev–Trinajstić information content (AvgIpc) is 2.16. The highest BCUT2D eigenvalue weighted by Crippen LogP contribution is 2.30. The molecular weight excluding hydrogens is 250 g/mol. The third-order valence-electron chi connectivity index (χ3n) is 1.66. The average molecular weight is 256 g/mol. The Balaban J connectivity index is 2.88. The third-order valence-corrected chi connectivity index (χ3v) is 1.85. The molecule has 0 aliphatic heterocycles. The highest BCUT2D eigenvalue weighted by molar-refractivity contribution is 6.31. The van der Waals surface area contributed by atoms with E-state index in [0.717, 1.165) is 12.1 Å². The summed E-state index contributed by atoms with van der Waals surface area (Å²) in [5, 5.41) is 1.91. The molecule has 0 radical (unpaired) electrons. The van der Waals surface area contributed by atoms with Gasteiger partial charge in [-0.2, -0.15) is 13.2 Å². The Morgan fingerprint density at radius 3 is 2.50 bits per heavy atom. The summed E-state index contributed by atoms with van der Waals surface area (Å²) < 4.78 is 49.0. The Labute approximate surface area is 93.2 Å². The van der Waals surface area contributed by atoms with Gasteiger partial charge in [0.25, 0.3) is 11.5 Å². The molecule has 1 rings (SSSR count). The summed E-state index contributed by atoms with van der Waals surface area (Å²) in [4.78, 5) is 10.8. The van der Waals surface area contributed by atoms with E-state index >= 15 is 0 Å². The predicted octanol–water partition coefficient (Wildman–Crippen LogP) is 3.18. The van der Waals surface area contributed by atoms with Crippen LogP contribution in [0.4, 0.5) is 23.2 Å². The number of nitrogens with one attached hydrogen (secondary N) is 1. The fourth-order valence-corrected chi connectivity index (χ4v) is 1.02. The quantitative estimate of drug-likeness (QED) is 0.638. The maximum atomic E-state index is 12.3. The van der Waals surface area contributed by atoms with Crippen LogP contribution in [0.1, 0.15) is 5.56 Å². The van der Waals surface area contributed by atoms with Gasteiger partial charge in [-0.3, -0.25) is 4.79 Å². The van der Waals surface area contributed by atoms with E-state index in [-0.39, 0.29) is 5.69 Å². The van der Waals surface area contributed by atoms with Crippen molar-refractivity contribution in [2.24, 2.45) is 0 Å². The van der Waals surface area contributed by atoms with Crippen molar-refractivity contribution >= 4 is 23.2 Å². The van der Waals surface area contributed by atoms with Gasteiger partial charge in [-0.25, -0.2) is 4.39 Å². The number of carbonyl (C=O) groups is 1. The SMILES string of the molecule is O=C(Nc1cccc(C(F)(F)F)c1)C(F)Cl. The number of halogens is 5. The molecule has 0 bridgehead atoms. The second-order valence-electron chi connectivity index (χ2n) is 2.87. The van der Waals surface area contributed by atoms with Gasteiger partial charge < -0.3 is 5.32 Å². The topological polar surface area (TPSA) is 29.1 Å². The maximum Gasteiger partial charge on any atom is 0.416 e. The van der Waals surface area contributed by atoms with Crippen LogP contribution in [0, 0.1) is 0 Å². The van der Waals surface area contributed by atoms with Crippen molar-refractivity contribution in [1.82, 2.24) is 0 Å². The van der Waals surface area contributed by atoms with Crippen LogP contribution in [0.25, 0.3) is 0 Å². The number of alkyl halides is 5. The summed E-state index contributed by atoms with van der Waals surface area (Å²) in [6.45, 7) is 0. The van der Waals surface area contributed by atoms with Gasteiger partial charge in [0.05, 0.1) is 5.56 Å². The lowest BCUT2D eigenvalue weighted by Gasteiger charge is -2.09. The molecule has 0 heterocycles. The van der Waals surface area contributed by atoms with Crippen molar-refractivity contribution in [3.8, 4) is 0 Å². The summed E-state index contributed by atoms with van der Waals surface area (Å²) in [6, 6.07) is 3.83. The molecule has 2 nitrogen and oxygen atoms in total. The number of rotatable bonds is 2. The van der Waals surface area contributed by atoms with Gasteiger partial charge in [0.1, 0.15) is 0 Å². The molecule has 1 N–H and O–H groups in total. The van der Waals surface area contributed by atoms with Crippen LogP contribution >= 0.6 is 11.6 Å². The lowest BCUT2D eigenvalue weighted by Crippen LogP contribution is -2.19. The Kier molecular flexibility index (Phi) is 3.74. The molecule has 88 valence electrons. The second-order valence-corrected chi connectivity index (χ2v) is 3.25. The Morgan fingerprint density at radius 2 is 2.00 bits per heavy atom. The minimum absolute atomic E-state index is 0.164. The number of carbonyl (C=O) groups excluding carboxylic acids is 1. The number of hydrogen-bond donors (Lipinski definition) is 1. The van der Waals surface area contributed by atoms with E-state index in [2.05, 4.69) is 0 Å². The largest absolute Gasteiger partial charge is 0.416 e. The number of benzene rings is 1. The number of amides is 1. The number of hydrogen-bond acceptors (Lipinski definition) is 1. The standard InChI is InChI=1S/C9H6ClF4NO/c10-7(11)8(16)15-6-3-1-2-5(4-6)9(12,13)14/h1-4,7H,(H,15,16). The van der Waals surface area contributed by atoms with Crippen molar-refractivity contribution < 1.29 is 22.4 Å². The molecule has 0 saturated carbocycles. The Morgan fingerprint density at radius 1 is 1.38 bits per heavy atom. The van der Waals surface area contributed by atoms with Crippen LogP contribution in [0.5, 0.6) is 0 Å². The zero-order valence-corrected chi connectivity index (χ0v) is 8.44. The molecule has 0 aromatic heterocycles. The van der Waals surface area contributed by atoms with Gasteiger partial charge in [-0.05, 0) is 18.2 Å². The molecule has 0 aliphatic rings. The van der Waals surface area contributed by atoms with Gasteiger partial charge in [0, 0.05) is 5.69 Å². The molecule has 1 amide bonds. The van der Waals surface area contributed by atoms with E-state index in [9.17, 15) is 22.4 Å². The monoisotopic (exact) mass is 255 g/mol. The van der Waals surface area contributed by atoms with Crippen LogP contribution < -0.4 is 5.32 Å². The van der Waals surface area contributed by atoms with Gasteiger partial charge >= 0.3 is 6.18 Å². The lowest BCUT2D eigenvalue weighted by molar-refractivity contribution is -0.137. The van der Waals surface area contributed by atoms with Crippen LogP contribution in [0.2, 0.25) is 0 Å². The van der Waals surface area contributed by atoms with Crippen LogP contribution in [0.15, 0.2) is 24.3 Å². The summed E-state index contributed by atoms with van der Waals surface area (Å²) in [6.07, 6.45) is -4.52. The number of anilines is 1. The third kappa shape index (κ3) is 3.37. The van der Waals surface area contributed by atoms with E-state index in [1.54, 1.807) is 0 Å². The minimum atomic E-state index is -4.52. The fourth-order valence-electron chi connectivity index (χ4n) is 0.970. The van der Waals surface area contributed by atoms with Crippen molar-refractivity contribution in [3.63, 3.8) is 0 Å². The normalized spacial score (nSPS) is 13.3. The predicted molar refractivity (Wildman–Crippen MR) is 50.8 cm³/mol. The summed E-state index contributed by atoms with van der Waals surface area (Å²) in [5.41, 5.74) is -3.40. The molecule has 7 heteroatoms. The molecule has 1 unspecified atom stereocenters. The maximum absolute atomic E-state index is 12.3. The minimum Gasteiger partial charge on any atom is -0.322 e. The smallest absolute Gasteiger partial charge is 0.322 e.